The molecule has 2 aromatic rings. The molecule has 6 heteroatoms. The molecule has 4 nitrogen and oxygen atoms in total. The van der Waals surface area contributed by atoms with Crippen LogP contribution in [0.4, 0.5) is 0 Å². The lowest BCUT2D eigenvalue weighted by atomic mass is 10.0. The van der Waals surface area contributed by atoms with Crippen molar-refractivity contribution in [2.24, 2.45) is 0 Å². The minimum absolute atomic E-state index is 0.00481. The van der Waals surface area contributed by atoms with Crippen molar-refractivity contribution in [1.29, 1.82) is 0 Å². The van der Waals surface area contributed by atoms with E-state index in [0.717, 1.165) is 11.1 Å². The van der Waals surface area contributed by atoms with Gasteiger partial charge in [-0.25, -0.2) is 8.42 Å². The van der Waals surface area contributed by atoms with E-state index >= 15 is 0 Å². The Labute approximate surface area is 140 Å². The maximum atomic E-state index is 12.4. The second-order valence-corrected chi connectivity index (χ2v) is 8.33. The fourth-order valence-corrected chi connectivity index (χ4v) is 4.60. The molecule has 23 heavy (non-hydrogen) atoms. The van der Waals surface area contributed by atoms with Crippen LogP contribution in [0.3, 0.4) is 0 Å². The monoisotopic (exact) mass is 349 g/mol. The van der Waals surface area contributed by atoms with Crippen molar-refractivity contribution in [2.75, 3.05) is 11.5 Å². The molecule has 1 aliphatic heterocycles. The SMILES string of the molecule is O=C(NC1CCS(=O)(=O)C1)c1cc(Cl)cc(-c2ccccc2)c1. The Kier molecular flexibility index (Phi) is 4.41. The first-order chi connectivity index (χ1) is 10.9. The van der Waals surface area contributed by atoms with Crippen LogP contribution in [0.5, 0.6) is 0 Å². The van der Waals surface area contributed by atoms with Gasteiger partial charge in [0.1, 0.15) is 0 Å². The van der Waals surface area contributed by atoms with Crippen LogP contribution in [0.2, 0.25) is 5.02 Å². The first-order valence-electron chi connectivity index (χ1n) is 7.30. The van der Waals surface area contributed by atoms with Gasteiger partial charge in [-0.05, 0) is 35.7 Å². The molecule has 120 valence electrons. The maximum absolute atomic E-state index is 12.4. The lowest BCUT2D eigenvalue weighted by Crippen LogP contribution is -2.35. The summed E-state index contributed by atoms with van der Waals surface area (Å²) >= 11 is 6.13. The van der Waals surface area contributed by atoms with Crippen molar-refractivity contribution in [3.63, 3.8) is 0 Å². The fraction of sp³-hybridized carbons (Fsp3) is 0.235. The summed E-state index contributed by atoms with van der Waals surface area (Å²) in [7, 11) is -3.02. The van der Waals surface area contributed by atoms with Gasteiger partial charge >= 0.3 is 0 Å². The molecule has 0 saturated carbocycles. The number of rotatable bonds is 3. The van der Waals surface area contributed by atoms with Crippen LogP contribution in [0.15, 0.2) is 48.5 Å². The normalized spacial score (nSPS) is 19.4. The molecular formula is C17H16ClNO3S. The first kappa shape index (κ1) is 16.0. The van der Waals surface area contributed by atoms with E-state index in [1.165, 1.54) is 0 Å². The summed E-state index contributed by atoms with van der Waals surface area (Å²) in [5.41, 5.74) is 2.25. The quantitative estimate of drug-likeness (QED) is 0.926. The summed E-state index contributed by atoms with van der Waals surface area (Å²) in [5.74, 6) is -0.167. The number of nitrogens with one attached hydrogen (secondary N) is 1. The highest BCUT2D eigenvalue weighted by molar-refractivity contribution is 7.91. The molecule has 1 saturated heterocycles. The van der Waals surface area contributed by atoms with E-state index in [9.17, 15) is 13.2 Å². The highest BCUT2D eigenvalue weighted by atomic mass is 35.5. The third kappa shape index (κ3) is 3.92. The van der Waals surface area contributed by atoms with Crippen LogP contribution in [-0.2, 0) is 9.84 Å². The van der Waals surface area contributed by atoms with E-state index in [1.54, 1.807) is 18.2 Å². The van der Waals surface area contributed by atoms with Gasteiger partial charge in [-0.3, -0.25) is 4.79 Å². The van der Waals surface area contributed by atoms with Gasteiger partial charge < -0.3 is 5.32 Å². The number of halogens is 1. The molecule has 0 radical (unpaired) electrons. The molecule has 0 aromatic heterocycles. The molecule has 1 fully saturated rings. The van der Waals surface area contributed by atoms with E-state index in [1.807, 2.05) is 30.3 Å². The minimum Gasteiger partial charge on any atom is -0.348 e. The van der Waals surface area contributed by atoms with E-state index < -0.39 is 9.84 Å². The summed E-state index contributed by atoms with van der Waals surface area (Å²) < 4.78 is 23.0. The third-order valence-corrected chi connectivity index (χ3v) is 5.82. The number of carbonyl (C=O) groups is 1. The van der Waals surface area contributed by atoms with Gasteiger partial charge in [0.15, 0.2) is 9.84 Å². The van der Waals surface area contributed by atoms with Crippen LogP contribution in [0, 0.1) is 0 Å². The van der Waals surface area contributed by atoms with Gasteiger partial charge in [-0.1, -0.05) is 41.9 Å². The topological polar surface area (TPSA) is 63.2 Å². The van der Waals surface area contributed by atoms with Crippen molar-refractivity contribution in [3.05, 3.63) is 59.1 Å². The van der Waals surface area contributed by atoms with Crippen molar-refractivity contribution in [1.82, 2.24) is 5.32 Å². The van der Waals surface area contributed by atoms with Gasteiger partial charge in [0.25, 0.3) is 5.91 Å². The van der Waals surface area contributed by atoms with E-state index in [0.29, 0.717) is 17.0 Å². The van der Waals surface area contributed by atoms with Gasteiger partial charge in [0.05, 0.1) is 11.5 Å². The Morgan fingerprint density at radius 2 is 1.83 bits per heavy atom. The molecule has 1 aliphatic rings. The van der Waals surface area contributed by atoms with Crippen molar-refractivity contribution >= 4 is 27.3 Å². The largest absolute Gasteiger partial charge is 0.348 e. The Bertz CT molecular complexity index is 834. The van der Waals surface area contributed by atoms with Crippen LogP contribution in [0.25, 0.3) is 11.1 Å². The Morgan fingerprint density at radius 3 is 2.48 bits per heavy atom. The van der Waals surface area contributed by atoms with E-state index in [2.05, 4.69) is 5.32 Å². The van der Waals surface area contributed by atoms with Gasteiger partial charge in [0.2, 0.25) is 0 Å². The molecular weight excluding hydrogens is 334 g/mol. The van der Waals surface area contributed by atoms with Crippen LogP contribution in [-0.4, -0.2) is 31.9 Å². The second kappa shape index (κ2) is 6.34. The lowest BCUT2D eigenvalue weighted by Gasteiger charge is -2.12. The molecule has 0 bridgehead atoms. The molecule has 1 atom stereocenters. The summed E-state index contributed by atoms with van der Waals surface area (Å²) in [4.78, 5) is 12.4. The van der Waals surface area contributed by atoms with Crippen LogP contribution >= 0.6 is 11.6 Å². The summed E-state index contributed by atoms with van der Waals surface area (Å²) in [6, 6.07) is 14.5. The molecule has 1 amide bonds. The Balaban J connectivity index is 1.83. The molecule has 1 unspecified atom stereocenters. The molecule has 0 spiro atoms. The van der Waals surface area contributed by atoms with Gasteiger partial charge in [0, 0.05) is 16.6 Å². The van der Waals surface area contributed by atoms with E-state index in [4.69, 9.17) is 11.6 Å². The number of sulfone groups is 1. The molecule has 1 N–H and O–H groups in total. The van der Waals surface area contributed by atoms with Gasteiger partial charge in [-0.2, -0.15) is 0 Å². The van der Waals surface area contributed by atoms with Crippen molar-refractivity contribution in [2.45, 2.75) is 12.5 Å². The molecule has 3 rings (SSSR count). The minimum atomic E-state index is -3.02. The smallest absolute Gasteiger partial charge is 0.251 e. The Morgan fingerprint density at radius 1 is 1.09 bits per heavy atom. The zero-order valence-corrected chi connectivity index (χ0v) is 13.9. The molecule has 2 aromatic carbocycles. The highest BCUT2D eigenvalue weighted by Crippen LogP contribution is 2.25. The zero-order chi connectivity index (χ0) is 16.4. The van der Waals surface area contributed by atoms with Crippen LogP contribution in [0.1, 0.15) is 16.8 Å². The summed E-state index contributed by atoms with van der Waals surface area (Å²) in [6.45, 7) is 0. The van der Waals surface area contributed by atoms with Crippen molar-refractivity contribution < 1.29 is 13.2 Å². The fourth-order valence-electron chi connectivity index (χ4n) is 2.70. The summed E-state index contributed by atoms with van der Waals surface area (Å²) in [5, 5.41) is 3.25. The van der Waals surface area contributed by atoms with E-state index in [-0.39, 0.29) is 23.5 Å². The number of carbonyl (C=O) groups excluding carboxylic acids is 1. The standard InChI is InChI=1S/C17H16ClNO3S/c18-15-9-13(12-4-2-1-3-5-12)8-14(10-15)17(20)19-16-6-7-23(21,22)11-16/h1-5,8-10,16H,6-7,11H2,(H,19,20). The second-order valence-electron chi connectivity index (χ2n) is 5.67. The highest BCUT2D eigenvalue weighted by Gasteiger charge is 2.29. The lowest BCUT2D eigenvalue weighted by molar-refractivity contribution is 0.0941. The van der Waals surface area contributed by atoms with Crippen LogP contribution < -0.4 is 5.32 Å². The number of hydrogen-bond donors (Lipinski definition) is 1. The maximum Gasteiger partial charge on any atom is 0.251 e. The van der Waals surface area contributed by atoms with Gasteiger partial charge in [-0.15, -0.1) is 0 Å². The summed E-state index contributed by atoms with van der Waals surface area (Å²) in [6.07, 6.45) is 0.459. The first-order valence-corrected chi connectivity index (χ1v) is 9.50. The average Bonchev–Trinajstić information content (AvgIpc) is 2.86. The Hall–Kier alpha value is -1.85. The average molecular weight is 350 g/mol. The zero-order valence-electron chi connectivity index (χ0n) is 12.3. The number of benzene rings is 2. The molecule has 0 aliphatic carbocycles. The molecule has 1 heterocycles. The predicted octanol–water partition coefficient (Wildman–Crippen LogP) is 2.92. The van der Waals surface area contributed by atoms with Crippen molar-refractivity contribution in [3.8, 4) is 11.1 Å². The number of hydrogen-bond acceptors (Lipinski definition) is 3. The third-order valence-electron chi connectivity index (χ3n) is 3.83. The number of amides is 1. The predicted molar refractivity (Wildman–Crippen MR) is 91.4 cm³/mol.